The molecule has 1 aliphatic rings. The van der Waals surface area contributed by atoms with Crippen molar-refractivity contribution >= 4 is 20.8 Å². The van der Waals surface area contributed by atoms with Crippen LogP contribution in [-0.4, -0.2) is 41.5 Å². The number of hydrogen-bond donors (Lipinski definition) is 1. The molecule has 0 aliphatic carbocycles. The summed E-state index contributed by atoms with van der Waals surface area (Å²) in [5, 5.41) is 11.4. The number of piperidine rings is 1. The average molecular weight is 320 g/mol. The van der Waals surface area contributed by atoms with Gasteiger partial charge in [0.1, 0.15) is 0 Å². The van der Waals surface area contributed by atoms with E-state index in [-0.39, 0.29) is 6.04 Å². The minimum Gasteiger partial charge on any atom is -0.392 e. The van der Waals surface area contributed by atoms with E-state index in [0.29, 0.717) is 23.2 Å². The molecule has 2 aromatic rings. The summed E-state index contributed by atoms with van der Waals surface area (Å²) in [5.41, 5.74) is 0. The lowest BCUT2D eigenvalue weighted by molar-refractivity contribution is 0.0831. The Morgan fingerprint density at radius 3 is 2.91 bits per heavy atom. The highest BCUT2D eigenvalue weighted by Crippen LogP contribution is 2.30. The molecule has 0 bridgehead atoms. The molecule has 5 nitrogen and oxygen atoms in total. The fraction of sp³-hybridized carbons (Fsp3) is 0.438. The normalized spacial score (nSPS) is 21.8. The first-order valence-electron chi connectivity index (χ1n) is 7.54. The Balaban J connectivity index is 2.11. The van der Waals surface area contributed by atoms with E-state index in [1.165, 1.54) is 4.31 Å². The lowest BCUT2D eigenvalue weighted by Crippen LogP contribution is -2.48. The molecule has 1 N–H and O–H groups in total. The summed E-state index contributed by atoms with van der Waals surface area (Å²) in [6.07, 6.45) is 5.06. The van der Waals surface area contributed by atoms with Gasteiger partial charge in [-0.25, -0.2) is 8.42 Å². The molecule has 0 spiro atoms. The van der Waals surface area contributed by atoms with Gasteiger partial charge in [0, 0.05) is 29.7 Å². The van der Waals surface area contributed by atoms with Crippen LogP contribution in [0.2, 0.25) is 0 Å². The first-order chi connectivity index (χ1) is 10.5. The van der Waals surface area contributed by atoms with Crippen LogP contribution in [0.15, 0.2) is 41.6 Å². The van der Waals surface area contributed by atoms with Crippen molar-refractivity contribution in [2.24, 2.45) is 0 Å². The van der Waals surface area contributed by atoms with Crippen LogP contribution in [0.3, 0.4) is 0 Å². The maximum absolute atomic E-state index is 13.1. The Morgan fingerprint density at radius 2 is 2.14 bits per heavy atom. The van der Waals surface area contributed by atoms with Gasteiger partial charge in [-0.15, -0.1) is 0 Å². The van der Waals surface area contributed by atoms with Gasteiger partial charge in [0.15, 0.2) is 0 Å². The van der Waals surface area contributed by atoms with E-state index in [0.717, 1.165) is 18.2 Å². The van der Waals surface area contributed by atoms with Crippen LogP contribution < -0.4 is 0 Å². The van der Waals surface area contributed by atoms with Crippen LogP contribution in [0, 0.1) is 0 Å². The smallest absolute Gasteiger partial charge is 0.244 e. The van der Waals surface area contributed by atoms with Crippen LogP contribution in [0.25, 0.3) is 10.8 Å². The van der Waals surface area contributed by atoms with Gasteiger partial charge in [0.25, 0.3) is 0 Å². The predicted molar refractivity (Wildman–Crippen MR) is 85.0 cm³/mol. The Labute approximate surface area is 130 Å². The molecule has 0 saturated carbocycles. The molecule has 1 aromatic heterocycles. The van der Waals surface area contributed by atoms with Gasteiger partial charge in [0.05, 0.1) is 17.0 Å². The minimum absolute atomic E-state index is 0.292. The van der Waals surface area contributed by atoms with Crippen molar-refractivity contribution < 1.29 is 13.5 Å². The van der Waals surface area contributed by atoms with Crippen LogP contribution in [0.5, 0.6) is 0 Å². The zero-order valence-corrected chi connectivity index (χ0v) is 13.3. The van der Waals surface area contributed by atoms with Crippen LogP contribution >= 0.6 is 0 Å². The zero-order chi connectivity index (χ0) is 15.7. The van der Waals surface area contributed by atoms with Gasteiger partial charge in [0.2, 0.25) is 10.0 Å². The number of hydrogen-bond acceptors (Lipinski definition) is 4. The Morgan fingerprint density at radius 1 is 1.32 bits per heavy atom. The molecule has 0 radical (unpaired) electrons. The van der Waals surface area contributed by atoms with Crippen molar-refractivity contribution in [3.63, 3.8) is 0 Å². The van der Waals surface area contributed by atoms with Crippen LogP contribution in [0.1, 0.15) is 26.2 Å². The third kappa shape index (κ3) is 2.62. The van der Waals surface area contributed by atoms with E-state index in [9.17, 15) is 13.5 Å². The lowest BCUT2D eigenvalue weighted by Gasteiger charge is -2.36. The van der Waals surface area contributed by atoms with Crippen LogP contribution in [0.4, 0.5) is 0 Å². The molecule has 2 unspecified atom stereocenters. The number of aliphatic hydroxyl groups is 1. The van der Waals surface area contributed by atoms with Crippen molar-refractivity contribution in [3.8, 4) is 0 Å². The highest BCUT2D eigenvalue weighted by Gasteiger charge is 2.36. The van der Waals surface area contributed by atoms with Crippen molar-refractivity contribution in [2.75, 3.05) is 6.54 Å². The second-order valence-electron chi connectivity index (χ2n) is 5.77. The minimum atomic E-state index is -3.64. The van der Waals surface area contributed by atoms with Crippen molar-refractivity contribution in [1.29, 1.82) is 0 Å². The number of benzene rings is 1. The van der Waals surface area contributed by atoms with Crippen molar-refractivity contribution in [2.45, 2.75) is 43.2 Å². The highest BCUT2D eigenvalue weighted by atomic mass is 32.2. The Bertz CT molecular complexity index is 769. The molecule has 1 saturated heterocycles. The molecule has 1 aromatic carbocycles. The number of aliphatic hydroxyl groups excluding tert-OH is 1. The molecule has 22 heavy (non-hydrogen) atoms. The molecule has 0 amide bonds. The number of pyridine rings is 1. The first kappa shape index (κ1) is 15.4. The third-order valence-electron chi connectivity index (χ3n) is 4.28. The SMILES string of the molecule is CC(O)C1CCCCN1S(=O)(=O)c1cccc2cnccc12. The molecular formula is C16H20N2O3S. The van der Waals surface area contributed by atoms with E-state index < -0.39 is 16.1 Å². The first-order valence-corrected chi connectivity index (χ1v) is 8.98. The quantitative estimate of drug-likeness (QED) is 0.941. The van der Waals surface area contributed by atoms with E-state index >= 15 is 0 Å². The highest BCUT2D eigenvalue weighted by molar-refractivity contribution is 7.89. The van der Waals surface area contributed by atoms with Gasteiger partial charge >= 0.3 is 0 Å². The molecule has 2 atom stereocenters. The number of aromatic nitrogens is 1. The molecule has 6 heteroatoms. The maximum Gasteiger partial charge on any atom is 0.244 e. The maximum atomic E-state index is 13.1. The largest absolute Gasteiger partial charge is 0.392 e. The van der Waals surface area contributed by atoms with E-state index in [4.69, 9.17) is 0 Å². The monoisotopic (exact) mass is 320 g/mol. The van der Waals surface area contributed by atoms with Gasteiger partial charge in [-0.1, -0.05) is 18.6 Å². The third-order valence-corrected chi connectivity index (χ3v) is 6.27. The lowest BCUT2D eigenvalue weighted by atomic mass is 10.0. The summed E-state index contributed by atoms with van der Waals surface area (Å²) in [5.74, 6) is 0. The molecule has 118 valence electrons. The summed E-state index contributed by atoms with van der Waals surface area (Å²) in [6.45, 7) is 2.12. The summed E-state index contributed by atoms with van der Waals surface area (Å²) in [7, 11) is -3.64. The number of fused-ring (bicyclic) bond motifs is 1. The van der Waals surface area contributed by atoms with E-state index in [2.05, 4.69) is 4.98 Å². The topological polar surface area (TPSA) is 70.5 Å². The van der Waals surface area contributed by atoms with E-state index in [1.54, 1.807) is 37.5 Å². The van der Waals surface area contributed by atoms with Crippen molar-refractivity contribution in [3.05, 3.63) is 36.7 Å². The predicted octanol–water partition coefficient (Wildman–Crippen LogP) is 2.16. The second-order valence-corrected chi connectivity index (χ2v) is 7.63. The number of nitrogens with zero attached hydrogens (tertiary/aromatic N) is 2. The molecule has 3 rings (SSSR count). The van der Waals surface area contributed by atoms with Gasteiger partial charge < -0.3 is 5.11 Å². The number of sulfonamides is 1. The fourth-order valence-electron chi connectivity index (χ4n) is 3.16. The average Bonchev–Trinajstić information content (AvgIpc) is 2.54. The standard InChI is InChI=1S/C16H20N2O3S/c1-12(19)15-6-2-3-10-18(15)22(20,21)16-7-4-5-13-11-17-9-8-14(13)16/h4-5,7-9,11-12,15,19H,2-3,6,10H2,1H3. The van der Waals surface area contributed by atoms with Gasteiger partial charge in [-0.05, 0) is 31.9 Å². The zero-order valence-electron chi connectivity index (χ0n) is 12.5. The molecule has 1 aliphatic heterocycles. The summed E-state index contributed by atoms with van der Waals surface area (Å²) in [6, 6.07) is 6.59. The second kappa shape index (κ2) is 5.95. The van der Waals surface area contributed by atoms with Crippen LogP contribution in [-0.2, 0) is 10.0 Å². The van der Waals surface area contributed by atoms with Gasteiger partial charge in [-0.3, -0.25) is 4.98 Å². The molecule has 1 fully saturated rings. The molecular weight excluding hydrogens is 300 g/mol. The fourth-order valence-corrected chi connectivity index (χ4v) is 5.13. The van der Waals surface area contributed by atoms with Gasteiger partial charge in [-0.2, -0.15) is 4.31 Å². The number of rotatable bonds is 3. The molecule has 2 heterocycles. The summed E-state index contributed by atoms with van der Waals surface area (Å²) < 4.78 is 27.7. The summed E-state index contributed by atoms with van der Waals surface area (Å²) in [4.78, 5) is 4.33. The Kier molecular flexibility index (Phi) is 4.16. The summed E-state index contributed by atoms with van der Waals surface area (Å²) >= 11 is 0. The van der Waals surface area contributed by atoms with Crippen molar-refractivity contribution in [1.82, 2.24) is 9.29 Å². The Hall–Kier alpha value is -1.50. The van der Waals surface area contributed by atoms with E-state index in [1.807, 2.05) is 6.07 Å².